The van der Waals surface area contributed by atoms with Gasteiger partial charge in [0.1, 0.15) is 12.2 Å². The maximum absolute atomic E-state index is 11.8. The van der Waals surface area contributed by atoms with Crippen LogP contribution in [0.5, 0.6) is 5.75 Å². The monoisotopic (exact) mass is 321 g/mol. The molecule has 0 aliphatic rings. The molecule has 0 fully saturated rings. The van der Waals surface area contributed by atoms with Crippen LogP contribution in [0.3, 0.4) is 0 Å². The fourth-order valence-corrected chi connectivity index (χ4v) is 1.68. The summed E-state index contributed by atoms with van der Waals surface area (Å²) in [6.07, 6.45) is 2.31. The highest BCUT2D eigenvalue weighted by Gasteiger charge is 2.12. The van der Waals surface area contributed by atoms with Crippen molar-refractivity contribution in [3.63, 3.8) is 0 Å². The Labute approximate surface area is 134 Å². The van der Waals surface area contributed by atoms with E-state index in [4.69, 9.17) is 9.47 Å². The highest BCUT2D eigenvalue weighted by atomic mass is 16.5. The Morgan fingerprint density at radius 3 is 2.57 bits per heavy atom. The maximum atomic E-state index is 11.8. The number of ether oxygens (including phenoxy) is 3. The summed E-state index contributed by atoms with van der Waals surface area (Å²) >= 11 is 0. The second-order valence-electron chi connectivity index (χ2n) is 4.34. The van der Waals surface area contributed by atoms with Gasteiger partial charge in [0.15, 0.2) is 0 Å². The predicted octanol–water partition coefficient (Wildman–Crippen LogP) is 1.77. The van der Waals surface area contributed by atoms with Gasteiger partial charge in [0.25, 0.3) is 0 Å². The molecule has 0 aromatic heterocycles. The van der Waals surface area contributed by atoms with Crippen LogP contribution in [-0.4, -0.2) is 38.7 Å². The molecule has 0 atom stereocenters. The number of anilines is 1. The predicted molar refractivity (Wildman–Crippen MR) is 83.9 cm³/mol. The zero-order chi connectivity index (χ0) is 17.2. The molecule has 124 valence electrons. The lowest BCUT2D eigenvalue weighted by atomic mass is 10.1. The second-order valence-corrected chi connectivity index (χ2v) is 4.34. The number of hydrogen-bond donors (Lipinski definition) is 1. The molecule has 7 heteroatoms. The zero-order valence-corrected chi connectivity index (χ0v) is 13.3. The van der Waals surface area contributed by atoms with E-state index in [1.54, 1.807) is 25.1 Å². The normalized spacial score (nSPS) is 10.2. The van der Waals surface area contributed by atoms with Crippen LogP contribution in [0.15, 0.2) is 24.3 Å². The first-order chi connectivity index (χ1) is 11.0. The molecule has 1 N–H and O–H groups in total. The van der Waals surface area contributed by atoms with Gasteiger partial charge in [-0.2, -0.15) is 0 Å². The van der Waals surface area contributed by atoms with E-state index in [2.05, 4.69) is 10.1 Å². The molecule has 7 nitrogen and oxygen atoms in total. The third-order valence-electron chi connectivity index (χ3n) is 2.74. The maximum Gasteiger partial charge on any atom is 0.330 e. The van der Waals surface area contributed by atoms with E-state index in [1.165, 1.54) is 26.4 Å². The summed E-state index contributed by atoms with van der Waals surface area (Å²) in [5.74, 6) is -1.10. The molecule has 0 aliphatic carbocycles. The molecular weight excluding hydrogens is 302 g/mol. The first-order valence-electron chi connectivity index (χ1n) is 6.89. The third-order valence-corrected chi connectivity index (χ3v) is 2.74. The van der Waals surface area contributed by atoms with Crippen molar-refractivity contribution in [1.29, 1.82) is 0 Å². The number of hydrogen-bond acceptors (Lipinski definition) is 6. The Morgan fingerprint density at radius 2 is 1.96 bits per heavy atom. The second kappa shape index (κ2) is 9.24. The molecule has 0 spiro atoms. The van der Waals surface area contributed by atoms with Crippen LogP contribution in [0.4, 0.5) is 5.69 Å². The van der Waals surface area contributed by atoms with Crippen molar-refractivity contribution in [3.8, 4) is 5.75 Å². The van der Waals surface area contributed by atoms with E-state index in [0.29, 0.717) is 17.0 Å². The highest BCUT2D eigenvalue weighted by Crippen LogP contribution is 2.23. The number of carbonyl (C=O) groups is 3. The fraction of sp³-hybridized carbons (Fsp3) is 0.312. The summed E-state index contributed by atoms with van der Waals surface area (Å²) in [7, 11) is 2.77. The van der Waals surface area contributed by atoms with E-state index < -0.39 is 17.8 Å². The number of esters is 2. The summed E-state index contributed by atoms with van der Waals surface area (Å²) in [6, 6.07) is 4.90. The van der Waals surface area contributed by atoms with E-state index in [1.807, 2.05) is 0 Å². The molecular formula is C16H19NO6. The number of methoxy groups -OCH3 is 2. The minimum atomic E-state index is -0.606. The minimum absolute atomic E-state index is 0.210. The summed E-state index contributed by atoms with van der Waals surface area (Å²) in [5, 5.41) is 2.59. The lowest BCUT2D eigenvalue weighted by molar-refractivity contribution is -0.145. The standard InChI is InChI=1S/C16H19NO6/c1-4-23-16(20)10-14(18)17-13-7-6-12(21-2)9-11(13)5-8-15(19)22-3/h5-9H,4,10H2,1-3H3,(H,17,18). The van der Waals surface area contributed by atoms with Crippen molar-refractivity contribution < 1.29 is 28.6 Å². The minimum Gasteiger partial charge on any atom is -0.497 e. The Bertz CT molecular complexity index is 609. The molecule has 0 aliphatic heterocycles. The van der Waals surface area contributed by atoms with Gasteiger partial charge >= 0.3 is 11.9 Å². The van der Waals surface area contributed by atoms with Crippen molar-refractivity contribution >= 4 is 29.6 Å². The SMILES string of the molecule is CCOC(=O)CC(=O)Nc1ccc(OC)cc1C=CC(=O)OC. The van der Waals surface area contributed by atoms with Gasteiger partial charge in [0, 0.05) is 17.3 Å². The van der Waals surface area contributed by atoms with Crippen LogP contribution in [0.2, 0.25) is 0 Å². The molecule has 1 aromatic rings. The number of carbonyl (C=O) groups excluding carboxylic acids is 3. The van der Waals surface area contributed by atoms with Crippen molar-refractivity contribution in [3.05, 3.63) is 29.8 Å². The van der Waals surface area contributed by atoms with Crippen LogP contribution in [0.1, 0.15) is 18.9 Å². The average molecular weight is 321 g/mol. The van der Waals surface area contributed by atoms with Crippen LogP contribution >= 0.6 is 0 Å². The molecule has 23 heavy (non-hydrogen) atoms. The topological polar surface area (TPSA) is 90.9 Å². The third kappa shape index (κ3) is 6.21. The van der Waals surface area contributed by atoms with Gasteiger partial charge in [-0.05, 0) is 31.2 Å². The van der Waals surface area contributed by atoms with Crippen LogP contribution in [-0.2, 0) is 23.9 Å². The molecule has 0 saturated heterocycles. The lowest BCUT2D eigenvalue weighted by Crippen LogP contribution is -2.18. The van der Waals surface area contributed by atoms with Crippen LogP contribution < -0.4 is 10.1 Å². The molecule has 0 saturated carbocycles. The number of amides is 1. The molecule has 0 heterocycles. The van der Waals surface area contributed by atoms with Gasteiger partial charge in [0.2, 0.25) is 5.91 Å². The van der Waals surface area contributed by atoms with Crippen molar-refractivity contribution in [2.75, 3.05) is 26.1 Å². The van der Waals surface area contributed by atoms with E-state index >= 15 is 0 Å². The molecule has 0 unspecified atom stereocenters. The summed E-state index contributed by atoms with van der Waals surface area (Å²) in [4.78, 5) is 34.3. The molecule has 1 amide bonds. The summed E-state index contributed by atoms with van der Waals surface area (Å²) < 4.78 is 14.3. The molecule has 1 rings (SSSR count). The summed E-state index contributed by atoms with van der Waals surface area (Å²) in [6.45, 7) is 1.87. The fourth-order valence-electron chi connectivity index (χ4n) is 1.68. The van der Waals surface area contributed by atoms with Gasteiger partial charge in [-0.25, -0.2) is 4.79 Å². The van der Waals surface area contributed by atoms with E-state index in [9.17, 15) is 14.4 Å². The van der Waals surface area contributed by atoms with Gasteiger partial charge in [-0.15, -0.1) is 0 Å². The number of rotatable bonds is 7. The smallest absolute Gasteiger partial charge is 0.330 e. The largest absolute Gasteiger partial charge is 0.497 e. The zero-order valence-electron chi connectivity index (χ0n) is 13.3. The van der Waals surface area contributed by atoms with Gasteiger partial charge < -0.3 is 19.5 Å². The number of benzene rings is 1. The molecule has 0 radical (unpaired) electrons. The van der Waals surface area contributed by atoms with Gasteiger partial charge in [-0.1, -0.05) is 0 Å². The van der Waals surface area contributed by atoms with Crippen LogP contribution in [0.25, 0.3) is 6.08 Å². The highest BCUT2D eigenvalue weighted by molar-refractivity contribution is 6.03. The average Bonchev–Trinajstić information content (AvgIpc) is 2.53. The van der Waals surface area contributed by atoms with Gasteiger partial charge in [-0.3, -0.25) is 9.59 Å². The Balaban J connectivity index is 2.92. The lowest BCUT2D eigenvalue weighted by Gasteiger charge is -2.10. The number of nitrogens with one attached hydrogen (secondary N) is 1. The quantitative estimate of drug-likeness (QED) is 0.467. The van der Waals surface area contributed by atoms with Crippen molar-refractivity contribution in [2.45, 2.75) is 13.3 Å². The van der Waals surface area contributed by atoms with Gasteiger partial charge in [0.05, 0.1) is 20.8 Å². The Morgan fingerprint density at radius 1 is 1.22 bits per heavy atom. The first-order valence-corrected chi connectivity index (χ1v) is 6.89. The van der Waals surface area contributed by atoms with Crippen molar-refractivity contribution in [1.82, 2.24) is 0 Å². The first kappa shape index (κ1) is 18.2. The Kier molecular flexibility index (Phi) is 7.32. The molecule has 0 bridgehead atoms. The van der Waals surface area contributed by atoms with Crippen molar-refractivity contribution in [2.24, 2.45) is 0 Å². The summed E-state index contributed by atoms with van der Waals surface area (Å²) in [5.41, 5.74) is 0.965. The van der Waals surface area contributed by atoms with E-state index in [-0.39, 0.29) is 13.0 Å². The Hall–Kier alpha value is -2.83. The van der Waals surface area contributed by atoms with Crippen LogP contribution in [0, 0.1) is 0 Å². The van der Waals surface area contributed by atoms with E-state index in [0.717, 1.165) is 0 Å². The molecule has 1 aromatic carbocycles.